The molecular weight excluding hydrogens is 383 g/mol. The maximum atomic E-state index is 13.0. The third-order valence-electron chi connectivity index (χ3n) is 5.41. The molecule has 3 aromatic rings. The summed E-state index contributed by atoms with van der Waals surface area (Å²) >= 11 is 0. The van der Waals surface area contributed by atoms with Crippen molar-refractivity contribution in [2.24, 2.45) is 0 Å². The Kier molecular flexibility index (Phi) is 4.29. The molecule has 1 aliphatic carbocycles. The van der Waals surface area contributed by atoms with Crippen molar-refractivity contribution in [2.45, 2.75) is 43.8 Å². The van der Waals surface area contributed by atoms with E-state index in [9.17, 15) is 13.2 Å². The van der Waals surface area contributed by atoms with E-state index >= 15 is 0 Å². The van der Waals surface area contributed by atoms with Gasteiger partial charge in [0, 0.05) is 49.8 Å². The van der Waals surface area contributed by atoms with Crippen molar-refractivity contribution in [2.75, 3.05) is 23.3 Å². The highest BCUT2D eigenvalue weighted by Gasteiger charge is 2.35. The first-order chi connectivity index (χ1) is 14.0. The number of rotatable bonds is 4. The highest BCUT2D eigenvalue weighted by Crippen LogP contribution is 2.38. The summed E-state index contributed by atoms with van der Waals surface area (Å²) < 4.78 is 40.4. The van der Waals surface area contributed by atoms with Crippen LogP contribution in [0, 0.1) is 0 Å². The summed E-state index contributed by atoms with van der Waals surface area (Å²) in [7, 11) is 0. The molecule has 1 saturated heterocycles. The lowest BCUT2D eigenvalue weighted by molar-refractivity contribution is -0.140. The zero-order valence-corrected chi connectivity index (χ0v) is 15.6. The van der Waals surface area contributed by atoms with Crippen LogP contribution in [0.15, 0.2) is 30.9 Å². The number of imidazole rings is 1. The number of fused-ring (bicyclic) bond motifs is 1. The number of nitrogens with one attached hydrogen (secondary N) is 1. The second-order valence-electron chi connectivity index (χ2n) is 7.59. The number of nitrogens with zero attached hydrogens (tertiary/aromatic N) is 6. The van der Waals surface area contributed by atoms with Gasteiger partial charge in [0.25, 0.3) is 0 Å². The Labute approximate surface area is 165 Å². The molecule has 10 heteroatoms. The van der Waals surface area contributed by atoms with E-state index in [-0.39, 0.29) is 11.7 Å². The average Bonchev–Trinajstić information content (AvgIpc) is 3.45. The first-order valence-electron chi connectivity index (χ1n) is 9.73. The smallest absolute Gasteiger partial charge is 0.367 e. The van der Waals surface area contributed by atoms with Gasteiger partial charge in [-0.15, -0.1) is 0 Å². The Morgan fingerprint density at radius 3 is 2.52 bits per heavy atom. The van der Waals surface area contributed by atoms with E-state index in [1.807, 2.05) is 11.0 Å². The molecule has 1 N–H and O–H groups in total. The molecule has 5 rings (SSSR count). The fourth-order valence-corrected chi connectivity index (χ4v) is 3.70. The third kappa shape index (κ3) is 3.70. The van der Waals surface area contributed by atoms with Crippen molar-refractivity contribution < 1.29 is 13.2 Å². The Balaban J connectivity index is 1.28. The first-order valence-corrected chi connectivity index (χ1v) is 9.73. The van der Waals surface area contributed by atoms with E-state index in [0.717, 1.165) is 43.5 Å². The SMILES string of the molecule is FC(F)(F)c1cn2ccnc(N3CCC(Nc4ccnc(C5CC5)n4)CC3)c2n1. The summed E-state index contributed by atoms with van der Waals surface area (Å²) in [5, 5.41) is 3.47. The van der Waals surface area contributed by atoms with Gasteiger partial charge in [-0.2, -0.15) is 13.2 Å². The second-order valence-corrected chi connectivity index (χ2v) is 7.59. The van der Waals surface area contributed by atoms with Crippen LogP contribution in [-0.4, -0.2) is 43.5 Å². The molecule has 1 saturated carbocycles. The minimum atomic E-state index is -4.48. The van der Waals surface area contributed by atoms with E-state index in [2.05, 4.69) is 25.3 Å². The molecule has 0 aromatic carbocycles. The van der Waals surface area contributed by atoms with Gasteiger partial charge in [-0.05, 0) is 31.7 Å². The monoisotopic (exact) mass is 403 g/mol. The number of hydrogen-bond donors (Lipinski definition) is 1. The van der Waals surface area contributed by atoms with Gasteiger partial charge in [0.2, 0.25) is 0 Å². The van der Waals surface area contributed by atoms with Crippen LogP contribution in [0.5, 0.6) is 0 Å². The molecule has 2 aliphatic rings. The van der Waals surface area contributed by atoms with Gasteiger partial charge >= 0.3 is 6.18 Å². The summed E-state index contributed by atoms with van der Waals surface area (Å²) in [4.78, 5) is 19.0. The number of aromatic nitrogens is 5. The number of halogens is 3. The van der Waals surface area contributed by atoms with Gasteiger partial charge in [-0.3, -0.25) is 0 Å². The number of alkyl halides is 3. The molecule has 0 atom stereocenters. The summed E-state index contributed by atoms with van der Waals surface area (Å²) in [6.07, 6.45) is 5.29. The van der Waals surface area contributed by atoms with Crippen molar-refractivity contribution in [3.63, 3.8) is 0 Å². The Morgan fingerprint density at radius 1 is 1.00 bits per heavy atom. The van der Waals surface area contributed by atoms with Crippen LogP contribution in [0.1, 0.15) is 43.1 Å². The van der Waals surface area contributed by atoms with Crippen LogP contribution in [0.2, 0.25) is 0 Å². The molecule has 4 heterocycles. The zero-order valence-electron chi connectivity index (χ0n) is 15.6. The fraction of sp³-hybridized carbons (Fsp3) is 0.474. The first kappa shape index (κ1) is 18.1. The van der Waals surface area contributed by atoms with E-state index in [1.54, 1.807) is 6.20 Å². The lowest BCUT2D eigenvalue weighted by Gasteiger charge is -2.33. The quantitative estimate of drug-likeness (QED) is 0.719. The topological polar surface area (TPSA) is 71.2 Å². The molecule has 1 aliphatic heterocycles. The molecule has 29 heavy (non-hydrogen) atoms. The van der Waals surface area contributed by atoms with Crippen LogP contribution >= 0.6 is 0 Å². The predicted molar refractivity (Wildman–Crippen MR) is 101 cm³/mol. The van der Waals surface area contributed by atoms with Gasteiger partial charge in [-0.1, -0.05) is 0 Å². The molecular formula is C19H20F3N7. The fourth-order valence-electron chi connectivity index (χ4n) is 3.70. The molecule has 3 aromatic heterocycles. The molecule has 0 bridgehead atoms. The largest absolute Gasteiger partial charge is 0.434 e. The normalized spacial score (nSPS) is 18.4. The van der Waals surface area contributed by atoms with Crippen molar-refractivity contribution in [3.05, 3.63) is 42.4 Å². The Hall–Kier alpha value is -2.91. The molecule has 0 unspecified atom stereocenters. The predicted octanol–water partition coefficient (Wildman–Crippen LogP) is 3.50. The summed E-state index contributed by atoms with van der Waals surface area (Å²) in [6, 6.07) is 2.13. The van der Waals surface area contributed by atoms with E-state index in [4.69, 9.17) is 0 Å². The standard InChI is InChI=1S/C19H20F3N7/c20-19(21,22)14-11-29-10-7-24-17(18(29)26-14)28-8-4-13(5-9-28)25-15-3-6-23-16(27-15)12-1-2-12/h3,6-7,10-13H,1-2,4-5,8-9H2,(H,23,25,27). The van der Waals surface area contributed by atoms with Crippen molar-refractivity contribution >= 4 is 17.3 Å². The van der Waals surface area contributed by atoms with E-state index in [0.29, 0.717) is 24.8 Å². The lowest BCUT2D eigenvalue weighted by Crippen LogP contribution is -2.40. The van der Waals surface area contributed by atoms with Crippen molar-refractivity contribution in [1.29, 1.82) is 0 Å². The molecule has 7 nitrogen and oxygen atoms in total. The minimum absolute atomic E-state index is 0.233. The maximum absolute atomic E-state index is 13.0. The summed E-state index contributed by atoms with van der Waals surface area (Å²) in [5.41, 5.74) is -0.672. The zero-order chi connectivity index (χ0) is 20.0. The Bertz CT molecular complexity index is 1020. The van der Waals surface area contributed by atoms with Crippen LogP contribution in [0.4, 0.5) is 24.8 Å². The molecule has 0 spiro atoms. The van der Waals surface area contributed by atoms with Gasteiger partial charge in [-0.25, -0.2) is 19.9 Å². The van der Waals surface area contributed by atoms with Gasteiger partial charge in [0.05, 0.1) is 0 Å². The number of anilines is 2. The van der Waals surface area contributed by atoms with Gasteiger partial charge in [0.15, 0.2) is 17.2 Å². The summed E-state index contributed by atoms with van der Waals surface area (Å²) in [5.74, 6) is 2.73. The molecule has 2 fully saturated rings. The van der Waals surface area contributed by atoms with E-state index < -0.39 is 11.9 Å². The van der Waals surface area contributed by atoms with Crippen LogP contribution in [0.3, 0.4) is 0 Å². The lowest BCUT2D eigenvalue weighted by atomic mass is 10.1. The van der Waals surface area contributed by atoms with Crippen molar-refractivity contribution in [3.8, 4) is 0 Å². The highest BCUT2D eigenvalue weighted by molar-refractivity contribution is 5.65. The summed E-state index contributed by atoms with van der Waals surface area (Å²) in [6.45, 7) is 1.36. The highest BCUT2D eigenvalue weighted by atomic mass is 19.4. The Morgan fingerprint density at radius 2 is 1.79 bits per heavy atom. The molecule has 152 valence electrons. The van der Waals surface area contributed by atoms with Gasteiger partial charge < -0.3 is 14.6 Å². The minimum Gasteiger partial charge on any atom is -0.367 e. The molecule has 0 radical (unpaired) electrons. The van der Waals surface area contributed by atoms with Crippen molar-refractivity contribution in [1.82, 2.24) is 24.3 Å². The van der Waals surface area contributed by atoms with Gasteiger partial charge in [0.1, 0.15) is 11.6 Å². The van der Waals surface area contributed by atoms with Crippen LogP contribution in [0.25, 0.3) is 5.65 Å². The van der Waals surface area contributed by atoms with Crippen LogP contribution < -0.4 is 10.2 Å². The number of piperidine rings is 1. The third-order valence-corrected chi connectivity index (χ3v) is 5.41. The van der Waals surface area contributed by atoms with Crippen LogP contribution in [-0.2, 0) is 6.18 Å². The average molecular weight is 403 g/mol. The second kappa shape index (κ2) is 6.85. The maximum Gasteiger partial charge on any atom is 0.434 e. The number of hydrogen-bond acceptors (Lipinski definition) is 6. The van der Waals surface area contributed by atoms with E-state index in [1.165, 1.54) is 16.8 Å². The molecule has 0 amide bonds.